The van der Waals surface area contributed by atoms with E-state index in [1.54, 1.807) is 32.4 Å². The summed E-state index contributed by atoms with van der Waals surface area (Å²) in [5.74, 6) is 1.71. The molecule has 0 heterocycles. The first-order chi connectivity index (χ1) is 10.1. The van der Waals surface area contributed by atoms with Crippen LogP contribution in [0, 0.1) is 0 Å². The van der Waals surface area contributed by atoms with Gasteiger partial charge in [-0.1, -0.05) is 17.7 Å². The third kappa shape index (κ3) is 4.16. The molecule has 0 N–H and O–H groups in total. The summed E-state index contributed by atoms with van der Waals surface area (Å²) in [6.07, 6.45) is 0. The zero-order valence-corrected chi connectivity index (χ0v) is 13.3. The van der Waals surface area contributed by atoms with Gasteiger partial charge in [0.05, 0.1) is 25.0 Å². The van der Waals surface area contributed by atoms with Crippen molar-refractivity contribution in [3.63, 3.8) is 0 Å². The number of ketones is 1. The van der Waals surface area contributed by atoms with Gasteiger partial charge in [-0.2, -0.15) is 0 Å². The molecule has 0 fully saturated rings. The number of rotatable bonds is 6. The minimum Gasteiger partial charge on any atom is -0.497 e. The summed E-state index contributed by atoms with van der Waals surface area (Å²) in [6, 6.07) is 12.7. The van der Waals surface area contributed by atoms with Gasteiger partial charge in [-0.15, -0.1) is 11.8 Å². The van der Waals surface area contributed by atoms with Crippen LogP contribution in [0.15, 0.2) is 47.4 Å². The van der Waals surface area contributed by atoms with Crippen LogP contribution in [-0.4, -0.2) is 25.8 Å². The standard InChI is InChI=1S/C16H15ClO3S/c1-19-12-4-3-5-13(9-12)21-10-15(18)11-6-7-16(20-2)14(17)8-11/h3-9H,10H2,1-2H3. The van der Waals surface area contributed by atoms with Gasteiger partial charge in [0, 0.05) is 10.5 Å². The Morgan fingerprint density at radius 2 is 1.95 bits per heavy atom. The van der Waals surface area contributed by atoms with Crippen LogP contribution in [0.3, 0.4) is 0 Å². The molecule has 3 nitrogen and oxygen atoms in total. The zero-order chi connectivity index (χ0) is 15.2. The first-order valence-corrected chi connectivity index (χ1v) is 7.64. The summed E-state index contributed by atoms with van der Waals surface area (Å²) in [6.45, 7) is 0. The first-order valence-electron chi connectivity index (χ1n) is 6.27. The Kier molecular flexibility index (Phi) is 5.53. The Labute approximate surface area is 133 Å². The van der Waals surface area contributed by atoms with Crippen LogP contribution in [0.2, 0.25) is 5.02 Å². The lowest BCUT2D eigenvalue weighted by atomic mass is 10.1. The number of ether oxygens (including phenoxy) is 2. The largest absolute Gasteiger partial charge is 0.497 e. The van der Waals surface area contributed by atoms with E-state index in [9.17, 15) is 4.79 Å². The number of methoxy groups -OCH3 is 2. The molecule has 2 rings (SSSR count). The molecule has 2 aromatic carbocycles. The van der Waals surface area contributed by atoms with E-state index in [1.165, 1.54) is 11.8 Å². The number of halogens is 1. The molecule has 0 aliphatic heterocycles. The summed E-state index contributed by atoms with van der Waals surface area (Å²) in [4.78, 5) is 13.2. The first kappa shape index (κ1) is 15.7. The molecule has 0 aliphatic rings. The van der Waals surface area contributed by atoms with Gasteiger partial charge in [0.25, 0.3) is 0 Å². The summed E-state index contributed by atoms with van der Waals surface area (Å²) < 4.78 is 10.2. The number of thioether (sulfide) groups is 1. The van der Waals surface area contributed by atoms with E-state index < -0.39 is 0 Å². The predicted molar refractivity (Wildman–Crippen MR) is 86.1 cm³/mol. The Bertz CT molecular complexity index is 643. The predicted octanol–water partition coefficient (Wildman–Crippen LogP) is 4.33. The van der Waals surface area contributed by atoms with Crippen molar-refractivity contribution in [1.82, 2.24) is 0 Å². The monoisotopic (exact) mass is 322 g/mol. The van der Waals surface area contributed by atoms with Crippen molar-refractivity contribution in [3.8, 4) is 11.5 Å². The molecule has 110 valence electrons. The Balaban J connectivity index is 2.02. The number of carbonyl (C=O) groups is 1. The molecule has 0 aliphatic carbocycles. The fraction of sp³-hybridized carbons (Fsp3) is 0.188. The van der Waals surface area contributed by atoms with E-state index >= 15 is 0 Å². The molecule has 0 spiro atoms. The molecule has 0 bridgehead atoms. The van der Waals surface area contributed by atoms with Crippen LogP contribution in [0.4, 0.5) is 0 Å². The summed E-state index contributed by atoms with van der Waals surface area (Å²) in [7, 11) is 3.16. The van der Waals surface area contributed by atoms with E-state index in [1.807, 2.05) is 24.3 Å². The van der Waals surface area contributed by atoms with Crippen LogP contribution >= 0.6 is 23.4 Å². The van der Waals surface area contributed by atoms with Gasteiger partial charge < -0.3 is 9.47 Å². The third-order valence-corrected chi connectivity index (χ3v) is 4.17. The second-order valence-corrected chi connectivity index (χ2v) is 5.70. The molecule has 0 radical (unpaired) electrons. The lowest BCUT2D eigenvalue weighted by Crippen LogP contribution is -2.02. The van der Waals surface area contributed by atoms with Crippen LogP contribution in [-0.2, 0) is 0 Å². The van der Waals surface area contributed by atoms with Crippen molar-refractivity contribution in [2.45, 2.75) is 4.90 Å². The highest BCUT2D eigenvalue weighted by Crippen LogP contribution is 2.27. The second kappa shape index (κ2) is 7.38. The van der Waals surface area contributed by atoms with Gasteiger partial charge in [-0.25, -0.2) is 0 Å². The van der Waals surface area contributed by atoms with E-state index in [4.69, 9.17) is 21.1 Å². The summed E-state index contributed by atoms with van der Waals surface area (Å²) in [5.41, 5.74) is 0.580. The molecule has 0 unspecified atom stereocenters. The third-order valence-electron chi connectivity index (χ3n) is 2.88. The number of hydrogen-bond donors (Lipinski definition) is 0. The molecule has 0 saturated carbocycles. The van der Waals surface area contributed by atoms with Crippen LogP contribution in [0.5, 0.6) is 11.5 Å². The maximum Gasteiger partial charge on any atom is 0.173 e. The highest BCUT2D eigenvalue weighted by Gasteiger charge is 2.10. The Hall–Kier alpha value is -1.65. The highest BCUT2D eigenvalue weighted by molar-refractivity contribution is 8.00. The normalized spacial score (nSPS) is 10.2. The van der Waals surface area contributed by atoms with Crippen molar-refractivity contribution in [1.29, 1.82) is 0 Å². The average molecular weight is 323 g/mol. The van der Waals surface area contributed by atoms with Crippen molar-refractivity contribution in [2.24, 2.45) is 0 Å². The SMILES string of the molecule is COc1cccc(SCC(=O)c2ccc(OC)c(Cl)c2)c1. The molecule has 0 atom stereocenters. The van der Waals surface area contributed by atoms with Crippen molar-refractivity contribution in [3.05, 3.63) is 53.1 Å². The molecular weight excluding hydrogens is 308 g/mol. The van der Waals surface area contributed by atoms with Crippen LogP contribution < -0.4 is 9.47 Å². The molecule has 21 heavy (non-hydrogen) atoms. The van der Waals surface area contributed by atoms with Gasteiger partial charge in [0.2, 0.25) is 0 Å². The molecule has 5 heteroatoms. The van der Waals surface area contributed by atoms with Crippen molar-refractivity contribution >= 4 is 29.1 Å². The minimum absolute atomic E-state index is 0.0207. The van der Waals surface area contributed by atoms with E-state index in [2.05, 4.69) is 0 Å². The zero-order valence-electron chi connectivity index (χ0n) is 11.8. The van der Waals surface area contributed by atoms with E-state index in [-0.39, 0.29) is 5.78 Å². The number of hydrogen-bond acceptors (Lipinski definition) is 4. The topological polar surface area (TPSA) is 35.5 Å². The molecule has 0 saturated heterocycles. The van der Waals surface area contributed by atoms with E-state index in [0.717, 1.165) is 10.6 Å². The number of benzene rings is 2. The lowest BCUT2D eigenvalue weighted by Gasteiger charge is -2.06. The van der Waals surface area contributed by atoms with Crippen molar-refractivity contribution < 1.29 is 14.3 Å². The lowest BCUT2D eigenvalue weighted by molar-refractivity contribution is 0.102. The number of carbonyl (C=O) groups excluding carboxylic acids is 1. The Morgan fingerprint density at radius 3 is 2.62 bits per heavy atom. The van der Waals surface area contributed by atoms with Gasteiger partial charge in [-0.3, -0.25) is 4.79 Å². The van der Waals surface area contributed by atoms with Crippen LogP contribution in [0.1, 0.15) is 10.4 Å². The molecule has 2 aromatic rings. The summed E-state index contributed by atoms with van der Waals surface area (Å²) in [5, 5.41) is 0.440. The fourth-order valence-corrected chi connectivity index (χ4v) is 2.86. The average Bonchev–Trinajstić information content (AvgIpc) is 2.52. The van der Waals surface area contributed by atoms with Crippen molar-refractivity contribution in [2.75, 3.05) is 20.0 Å². The quantitative estimate of drug-likeness (QED) is 0.585. The van der Waals surface area contributed by atoms with Gasteiger partial charge in [-0.05, 0) is 36.4 Å². The maximum atomic E-state index is 12.2. The maximum absolute atomic E-state index is 12.2. The minimum atomic E-state index is 0.0207. The van der Waals surface area contributed by atoms with Gasteiger partial charge in [0.1, 0.15) is 11.5 Å². The Morgan fingerprint density at radius 1 is 1.14 bits per heavy atom. The number of Topliss-reactive ketones (excluding diaryl/α,β-unsaturated/α-hetero) is 1. The molecular formula is C16H15ClO3S. The highest BCUT2D eigenvalue weighted by atomic mass is 35.5. The van der Waals surface area contributed by atoms with E-state index in [0.29, 0.717) is 22.1 Å². The summed E-state index contributed by atoms with van der Waals surface area (Å²) >= 11 is 7.49. The fourth-order valence-electron chi connectivity index (χ4n) is 1.76. The van der Waals surface area contributed by atoms with Gasteiger partial charge in [0.15, 0.2) is 5.78 Å². The van der Waals surface area contributed by atoms with Gasteiger partial charge >= 0.3 is 0 Å². The second-order valence-electron chi connectivity index (χ2n) is 4.24. The molecule has 0 amide bonds. The van der Waals surface area contributed by atoms with Crippen LogP contribution in [0.25, 0.3) is 0 Å². The molecule has 0 aromatic heterocycles. The smallest absolute Gasteiger partial charge is 0.173 e.